The Morgan fingerprint density at radius 2 is 1.78 bits per heavy atom. The summed E-state index contributed by atoms with van der Waals surface area (Å²) in [6.07, 6.45) is 0. The van der Waals surface area contributed by atoms with E-state index in [0.29, 0.717) is 5.92 Å². The molecule has 1 aliphatic rings. The monoisotopic (exact) mass is 302 g/mol. The van der Waals surface area contributed by atoms with E-state index in [4.69, 9.17) is 5.73 Å². The maximum absolute atomic E-state index is 5.84. The number of benzene rings is 2. The Balaban J connectivity index is 1.74. The molecule has 0 amide bonds. The van der Waals surface area contributed by atoms with E-state index in [1.807, 2.05) is 18.2 Å². The third-order valence-corrected chi connectivity index (χ3v) is 4.13. The molecule has 1 aliphatic heterocycles. The molecule has 0 bridgehead atoms. The number of hydrogen-bond acceptors (Lipinski definition) is 2. The molecular formula is C15H15BrN2. The summed E-state index contributed by atoms with van der Waals surface area (Å²) in [6, 6.07) is 16.7. The van der Waals surface area contributed by atoms with Crippen molar-refractivity contribution in [3.63, 3.8) is 0 Å². The van der Waals surface area contributed by atoms with Crippen LogP contribution in [0.2, 0.25) is 0 Å². The minimum Gasteiger partial charge on any atom is -0.399 e. The first-order chi connectivity index (χ1) is 8.74. The Morgan fingerprint density at radius 3 is 2.50 bits per heavy atom. The Kier molecular flexibility index (Phi) is 3.00. The van der Waals surface area contributed by atoms with E-state index in [9.17, 15) is 0 Å². The van der Waals surface area contributed by atoms with E-state index in [1.165, 1.54) is 11.3 Å². The van der Waals surface area contributed by atoms with Crippen LogP contribution in [0.15, 0.2) is 53.0 Å². The second kappa shape index (κ2) is 4.65. The second-order valence-corrected chi connectivity index (χ2v) is 5.58. The minimum absolute atomic E-state index is 0.638. The highest BCUT2D eigenvalue weighted by molar-refractivity contribution is 9.10. The number of hydrogen-bond donors (Lipinski definition) is 1. The van der Waals surface area contributed by atoms with Gasteiger partial charge in [-0.05, 0) is 39.7 Å². The summed E-state index contributed by atoms with van der Waals surface area (Å²) in [5, 5.41) is 0. The SMILES string of the molecule is Nc1ccc(Br)c(N2CC(c3ccccc3)C2)c1. The fourth-order valence-corrected chi connectivity index (χ4v) is 2.88. The van der Waals surface area contributed by atoms with Crippen LogP contribution in [0.3, 0.4) is 0 Å². The van der Waals surface area contributed by atoms with Gasteiger partial charge in [0, 0.05) is 29.2 Å². The van der Waals surface area contributed by atoms with Gasteiger partial charge in [0.05, 0.1) is 5.69 Å². The molecule has 0 aliphatic carbocycles. The highest BCUT2D eigenvalue weighted by Crippen LogP contribution is 2.36. The van der Waals surface area contributed by atoms with Gasteiger partial charge in [-0.25, -0.2) is 0 Å². The first-order valence-electron chi connectivity index (χ1n) is 6.09. The fraction of sp³-hybridized carbons (Fsp3) is 0.200. The predicted octanol–water partition coefficient (Wildman–Crippen LogP) is 3.64. The quantitative estimate of drug-likeness (QED) is 0.858. The average Bonchev–Trinajstić information content (AvgIpc) is 2.33. The van der Waals surface area contributed by atoms with Gasteiger partial charge in [0.15, 0.2) is 0 Å². The average molecular weight is 303 g/mol. The zero-order valence-corrected chi connectivity index (χ0v) is 11.6. The van der Waals surface area contributed by atoms with Crippen molar-refractivity contribution >= 4 is 27.3 Å². The molecule has 0 aromatic heterocycles. The van der Waals surface area contributed by atoms with E-state index in [-0.39, 0.29) is 0 Å². The lowest BCUT2D eigenvalue weighted by Crippen LogP contribution is -2.45. The number of nitrogens with two attached hydrogens (primary N) is 1. The van der Waals surface area contributed by atoms with Gasteiger partial charge in [-0.15, -0.1) is 0 Å². The number of rotatable bonds is 2. The number of anilines is 2. The van der Waals surface area contributed by atoms with Gasteiger partial charge in [0.25, 0.3) is 0 Å². The van der Waals surface area contributed by atoms with E-state index in [1.54, 1.807) is 0 Å². The molecule has 0 radical (unpaired) electrons. The van der Waals surface area contributed by atoms with Crippen LogP contribution in [0.4, 0.5) is 11.4 Å². The van der Waals surface area contributed by atoms with Crippen molar-refractivity contribution < 1.29 is 0 Å². The Labute approximate surface area is 116 Å². The first-order valence-corrected chi connectivity index (χ1v) is 6.88. The van der Waals surface area contributed by atoms with Gasteiger partial charge in [0.2, 0.25) is 0 Å². The number of nitrogen functional groups attached to an aromatic ring is 1. The maximum atomic E-state index is 5.84. The Bertz CT molecular complexity index is 548. The van der Waals surface area contributed by atoms with Gasteiger partial charge in [-0.3, -0.25) is 0 Å². The van der Waals surface area contributed by atoms with E-state index < -0.39 is 0 Å². The van der Waals surface area contributed by atoms with Crippen LogP contribution >= 0.6 is 15.9 Å². The molecule has 1 saturated heterocycles. The van der Waals surface area contributed by atoms with Crippen LogP contribution < -0.4 is 10.6 Å². The van der Waals surface area contributed by atoms with Crippen molar-refractivity contribution in [2.24, 2.45) is 0 Å². The lowest BCUT2D eigenvalue weighted by molar-refractivity contribution is 0.524. The molecular weight excluding hydrogens is 288 g/mol. The lowest BCUT2D eigenvalue weighted by Gasteiger charge is -2.42. The first kappa shape index (κ1) is 11.6. The molecule has 18 heavy (non-hydrogen) atoms. The van der Waals surface area contributed by atoms with E-state index >= 15 is 0 Å². The molecule has 3 heteroatoms. The highest BCUT2D eigenvalue weighted by atomic mass is 79.9. The summed E-state index contributed by atoms with van der Waals surface area (Å²) in [5.41, 5.74) is 9.28. The zero-order valence-electron chi connectivity index (χ0n) is 10.0. The Hall–Kier alpha value is -1.48. The topological polar surface area (TPSA) is 29.3 Å². The van der Waals surface area contributed by atoms with Crippen molar-refractivity contribution in [2.45, 2.75) is 5.92 Å². The van der Waals surface area contributed by atoms with Crippen LogP contribution in [0.5, 0.6) is 0 Å². The summed E-state index contributed by atoms with van der Waals surface area (Å²) in [5.74, 6) is 0.638. The number of nitrogens with zero attached hydrogens (tertiary/aromatic N) is 1. The molecule has 2 aromatic rings. The third-order valence-electron chi connectivity index (χ3n) is 3.46. The normalized spacial score (nSPS) is 15.5. The number of halogens is 1. The van der Waals surface area contributed by atoms with Gasteiger partial charge in [-0.2, -0.15) is 0 Å². The summed E-state index contributed by atoms with van der Waals surface area (Å²) < 4.78 is 1.11. The maximum Gasteiger partial charge on any atom is 0.0531 e. The van der Waals surface area contributed by atoms with Crippen LogP contribution in [0.1, 0.15) is 11.5 Å². The smallest absolute Gasteiger partial charge is 0.0531 e. The van der Waals surface area contributed by atoms with Crippen molar-refractivity contribution in [1.82, 2.24) is 0 Å². The molecule has 2 nitrogen and oxygen atoms in total. The third kappa shape index (κ3) is 2.10. The van der Waals surface area contributed by atoms with Crippen LogP contribution in [-0.4, -0.2) is 13.1 Å². The molecule has 2 N–H and O–H groups in total. The molecule has 0 spiro atoms. The van der Waals surface area contributed by atoms with E-state index in [0.717, 1.165) is 23.2 Å². The summed E-state index contributed by atoms with van der Waals surface area (Å²) >= 11 is 3.58. The molecule has 92 valence electrons. The van der Waals surface area contributed by atoms with Gasteiger partial charge >= 0.3 is 0 Å². The van der Waals surface area contributed by atoms with Crippen molar-refractivity contribution in [2.75, 3.05) is 23.7 Å². The lowest BCUT2D eigenvalue weighted by atomic mass is 9.91. The molecule has 0 atom stereocenters. The van der Waals surface area contributed by atoms with Crippen molar-refractivity contribution in [1.29, 1.82) is 0 Å². The summed E-state index contributed by atoms with van der Waals surface area (Å²) in [7, 11) is 0. The molecule has 2 aromatic carbocycles. The van der Waals surface area contributed by atoms with Gasteiger partial charge < -0.3 is 10.6 Å². The molecule has 1 fully saturated rings. The van der Waals surface area contributed by atoms with Crippen molar-refractivity contribution in [3.8, 4) is 0 Å². The Morgan fingerprint density at radius 1 is 1.06 bits per heavy atom. The molecule has 3 rings (SSSR count). The van der Waals surface area contributed by atoms with Crippen molar-refractivity contribution in [3.05, 3.63) is 58.6 Å². The fourth-order valence-electron chi connectivity index (χ4n) is 2.38. The minimum atomic E-state index is 0.638. The predicted molar refractivity (Wildman–Crippen MR) is 80.0 cm³/mol. The summed E-state index contributed by atoms with van der Waals surface area (Å²) in [6.45, 7) is 2.12. The van der Waals surface area contributed by atoms with Gasteiger partial charge in [-0.1, -0.05) is 30.3 Å². The van der Waals surface area contributed by atoms with E-state index in [2.05, 4.69) is 51.2 Å². The largest absolute Gasteiger partial charge is 0.399 e. The van der Waals surface area contributed by atoms with Crippen LogP contribution in [0, 0.1) is 0 Å². The summed E-state index contributed by atoms with van der Waals surface area (Å²) in [4.78, 5) is 2.36. The highest BCUT2D eigenvalue weighted by Gasteiger charge is 2.29. The van der Waals surface area contributed by atoms with Crippen LogP contribution in [-0.2, 0) is 0 Å². The zero-order chi connectivity index (χ0) is 12.5. The van der Waals surface area contributed by atoms with Gasteiger partial charge in [0.1, 0.15) is 0 Å². The molecule has 0 unspecified atom stereocenters. The molecule has 1 heterocycles. The standard InChI is InChI=1S/C15H15BrN2/c16-14-7-6-13(17)8-15(14)18-9-12(10-18)11-4-2-1-3-5-11/h1-8,12H,9-10,17H2. The second-order valence-electron chi connectivity index (χ2n) is 4.72. The van der Waals surface area contributed by atoms with Crippen LogP contribution in [0.25, 0.3) is 0 Å². The molecule has 0 saturated carbocycles.